The van der Waals surface area contributed by atoms with Crippen LogP contribution in [0.25, 0.3) is 0 Å². The highest BCUT2D eigenvalue weighted by atomic mass is 32.1. The van der Waals surface area contributed by atoms with E-state index in [-0.39, 0.29) is 10.8 Å². The molecule has 0 saturated heterocycles. The molecule has 0 spiro atoms. The van der Waals surface area contributed by atoms with Crippen molar-refractivity contribution in [3.63, 3.8) is 0 Å². The third-order valence-corrected chi connectivity index (χ3v) is 3.16. The monoisotopic (exact) mass is 293 g/mol. The maximum absolute atomic E-state index is 11.5. The third-order valence-electron chi connectivity index (χ3n) is 2.38. The molecule has 7 heteroatoms. The van der Waals surface area contributed by atoms with Crippen LogP contribution in [-0.4, -0.2) is 17.5 Å². The molecule has 0 amide bonds. The summed E-state index contributed by atoms with van der Waals surface area (Å²) in [6, 6.07) is 7.61. The maximum atomic E-state index is 11.5. The van der Waals surface area contributed by atoms with Gasteiger partial charge in [0.2, 0.25) is 0 Å². The fourth-order valence-electron chi connectivity index (χ4n) is 1.48. The summed E-state index contributed by atoms with van der Waals surface area (Å²) in [6.45, 7) is 2.03. The number of rotatable bonds is 5. The average molecular weight is 293 g/mol. The van der Waals surface area contributed by atoms with E-state index in [9.17, 15) is 14.9 Å². The fraction of sp³-hybridized carbons (Fsp3) is 0.154. The molecule has 0 fully saturated rings. The van der Waals surface area contributed by atoms with Crippen LogP contribution in [0.1, 0.15) is 17.3 Å². The molecule has 6 nitrogen and oxygen atoms in total. The summed E-state index contributed by atoms with van der Waals surface area (Å²) >= 11 is 1.14. The molecule has 0 aliphatic heterocycles. The van der Waals surface area contributed by atoms with Crippen molar-refractivity contribution in [3.8, 4) is 10.8 Å². The Bertz CT molecular complexity index is 620. The molecular weight excluding hydrogens is 282 g/mol. The molecular formula is C13H11NO5S. The molecule has 0 aliphatic rings. The first-order chi connectivity index (χ1) is 9.61. The SMILES string of the molecule is CCOC(=O)c1ccc(Oc2sccc2[N+](=O)[O-])cc1. The number of hydrogen-bond acceptors (Lipinski definition) is 6. The number of carbonyl (C=O) groups is 1. The van der Waals surface area contributed by atoms with Crippen molar-refractivity contribution < 1.29 is 19.2 Å². The van der Waals surface area contributed by atoms with Crippen molar-refractivity contribution in [3.05, 3.63) is 51.4 Å². The van der Waals surface area contributed by atoms with Gasteiger partial charge in [0.15, 0.2) is 0 Å². The lowest BCUT2D eigenvalue weighted by atomic mass is 10.2. The van der Waals surface area contributed by atoms with Crippen LogP contribution in [0.5, 0.6) is 10.8 Å². The van der Waals surface area contributed by atoms with Crippen LogP contribution in [0.3, 0.4) is 0 Å². The van der Waals surface area contributed by atoms with Crippen LogP contribution in [0.4, 0.5) is 5.69 Å². The zero-order valence-electron chi connectivity index (χ0n) is 10.6. The Balaban J connectivity index is 2.13. The maximum Gasteiger partial charge on any atom is 0.338 e. The topological polar surface area (TPSA) is 78.7 Å². The standard InChI is InChI=1S/C13H11NO5S/c1-2-18-12(15)9-3-5-10(6-4-9)19-13-11(14(16)17)7-8-20-13/h3-8H,2H2,1H3. The van der Waals surface area contributed by atoms with E-state index in [2.05, 4.69) is 0 Å². The van der Waals surface area contributed by atoms with E-state index >= 15 is 0 Å². The molecule has 0 bridgehead atoms. The lowest BCUT2D eigenvalue weighted by Gasteiger charge is -2.04. The van der Waals surface area contributed by atoms with Crippen molar-refractivity contribution >= 4 is 23.0 Å². The van der Waals surface area contributed by atoms with Gasteiger partial charge in [-0.3, -0.25) is 10.1 Å². The summed E-state index contributed by atoms with van der Waals surface area (Å²) in [7, 11) is 0. The highest BCUT2D eigenvalue weighted by Crippen LogP contribution is 2.36. The van der Waals surface area contributed by atoms with Gasteiger partial charge in [0, 0.05) is 11.4 Å². The Morgan fingerprint density at radius 1 is 1.30 bits per heavy atom. The highest BCUT2D eigenvalue weighted by Gasteiger charge is 2.17. The zero-order chi connectivity index (χ0) is 14.5. The normalized spacial score (nSPS) is 10.1. The van der Waals surface area contributed by atoms with Crippen LogP contribution >= 0.6 is 11.3 Å². The Morgan fingerprint density at radius 3 is 2.60 bits per heavy atom. The first-order valence-corrected chi connectivity index (χ1v) is 6.66. The molecule has 0 saturated carbocycles. The number of ether oxygens (including phenoxy) is 2. The van der Waals surface area contributed by atoms with E-state index in [0.717, 1.165) is 11.3 Å². The molecule has 20 heavy (non-hydrogen) atoms. The number of esters is 1. The Morgan fingerprint density at radius 2 is 2.00 bits per heavy atom. The van der Waals surface area contributed by atoms with E-state index in [1.165, 1.54) is 6.07 Å². The number of carbonyl (C=O) groups excluding carboxylic acids is 1. The number of nitrogens with zero attached hydrogens (tertiary/aromatic N) is 1. The summed E-state index contributed by atoms with van der Waals surface area (Å²) in [6.07, 6.45) is 0. The van der Waals surface area contributed by atoms with Crippen molar-refractivity contribution in [1.82, 2.24) is 0 Å². The number of benzene rings is 1. The van der Waals surface area contributed by atoms with Gasteiger partial charge >= 0.3 is 11.7 Å². The van der Waals surface area contributed by atoms with Crippen LogP contribution in [-0.2, 0) is 4.74 Å². The summed E-state index contributed by atoms with van der Waals surface area (Å²) in [5, 5.41) is 12.6. The predicted molar refractivity (Wildman–Crippen MR) is 73.4 cm³/mol. The minimum absolute atomic E-state index is 0.0792. The van der Waals surface area contributed by atoms with Gasteiger partial charge in [-0.1, -0.05) is 0 Å². The fourth-order valence-corrected chi connectivity index (χ4v) is 2.21. The minimum atomic E-state index is -0.501. The zero-order valence-corrected chi connectivity index (χ0v) is 11.4. The highest BCUT2D eigenvalue weighted by molar-refractivity contribution is 7.12. The van der Waals surface area contributed by atoms with Crippen molar-refractivity contribution in [2.75, 3.05) is 6.61 Å². The van der Waals surface area contributed by atoms with Gasteiger partial charge in [0.25, 0.3) is 5.06 Å². The van der Waals surface area contributed by atoms with E-state index in [1.54, 1.807) is 36.6 Å². The summed E-state index contributed by atoms with van der Waals surface area (Å²) < 4.78 is 10.3. The van der Waals surface area contributed by atoms with Crippen LogP contribution in [0, 0.1) is 10.1 Å². The molecule has 2 rings (SSSR count). The summed E-state index contributed by atoms with van der Waals surface area (Å²) in [4.78, 5) is 21.7. The molecule has 0 unspecified atom stereocenters. The van der Waals surface area contributed by atoms with Gasteiger partial charge in [-0.15, -0.1) is 11.3 Å². The van der Waals surface area contributed by atoms with Gasteiger partial charge in [-0.25, -0.2) is 4.79 Å². The van der Waals surface area contributed by atoms with E-state index in [0.29, 0.717) is 17.9 Å². The Kier molecular flexibility index (Phi) is 4.31. The van der Waals surface area contributed by atoms with Gasteiger partial charge in [0.05, 0.1) is 17.1 Å². The van der Waals surface area contributed by atoms with Gasteiger partial charge in [-0.05, 0) is 31.2 Å². The quantitative estimate of drug-likeness (QED) is 0.478. The van der Waals surface area contributed by atoms with Gasteiger partial charge in [-0.2, -0.15) is 0 Å². The lowest BCUT2D eigenvalue weighted by molar-refractivity contribution is -0.385. The van der Waals surface area contributed by atoms with Crippen molar-refractivity contribution in [2.24, 2.45) is 0 Å². The lowest BCUT2D eigenvalue weighted by Crippen LogP contribution is -2.03. The molecule has 1 heterocycles. The minimum Gasteiger partial charge on any atom is -0.462 e. The Hall–Kier alpha value is -2.41. The first-order valence-electron chi connectivity index (χ1n) is 5.78. The summed E-state index contributed by atoms with van der Waals surface area (Å²) in [5.41, 5.74) is 0.323. The van der Waals surface area contributed by atoms with Crippen molar-refractivity contribution in [2.45, 2.75) is 6.92 Å². The van der Waals surface area contributed by atoms with E-state index < -0.39 is 10.9 Å². The number of nitro groups is 1. The molecule has 0 N–H and O–H groups in total. The average Bonchev–Trinajstić information content (AvgIpc) is 2.88. The van der Waals surface area contributed by atoms with Gasteiger partial charge in [0.1, 0.15) is 5.75 Å². The second-order valence-corrected chi connectivity index (χ2v) is 4.58. The largest absolute Gasteiger partial charge is 0.462 e. The second kappa shape index (κ2) is 6.16. The van der Waals surface area contributed by atoms with Crippen LogP contribution in [0.15, 0.2) is 35.7 Å². The predicted octanol–water partition coefficient (Wildman–Crippen LogP) is 3.63. The van der Waals surface area contributed by atoms with Crippen LogP contribution < -0.4 is 4.74 Å². The smallest absolute Gasteiger partial charge is 0.338 e. The summed E-state index contributed by atoms with van der Waals surface area (Å²) in [5.74, 6) is 0.00440. The molecule has 0 radical (unpaired) electrons. The molecule has 104 valence electrons. The number of thiophene rings is 1. The van der Waals surface area contributed by atoms with Crippen molar-refractivity contribution in [1.29, 1.82) is 0 Å². The molecule has 0 atom stereocenters. The molecule has 2 aromatic rings. The van der Waals surface area contributed by atoms with E-state index in [4.69, 9.17) is 9.47 Å². The number of hydrogen-bond donors (Lipinski definition) is 0. The second-order valence-electron chi connectivity index (χ2n) is 3.70. The third kappa shape index (κ3) is 3.12. The Labute approximate surface area is 118 Å². The molecule has 1 aromatic carbocycles. The molecule has 1 aromatic heterocycles. The first kappa shape index (κ1) is 14.0. The van der Waals surface area contributed by atoms with E-state index in [1.807, 2.05) is 0 Å². The van der Waals surface area contributed by atoms with Gasteiger partial charge < -0.3 is 9.47 Å². The van der Waals surface area contributed by atoms with Crippen LogP contribution in [0.2, 0.25) is 0 Å². The molecule has 0 aliphatic carbocycles.